The van der Waals surface area contributed by atoms with Crippen LogP contribution in [0.25, 0.3) is 0 Å². The first-order chi connectivity index (χ1) is 12.9. The summed E-state index contributed by atoms with van der Waals surface area (Å²) in [5, 5.41) is 0. The molecule has 1 nitrogen and oxygen atoms in total. The molecule has 1 aromatic rings. The van der Waals surface area contributed by atoms with Crippen LogP contribution in [0.1, 0.15) is 82.6 Å². The maximum absolute atomic E-state index is 12.3. The zero-order chi connectivity index (χ0) is 19.1. The molecule has 3 aliphatic carbocycles. The molecule has 0 aromatic heterocycles. The van der Waals surface area contributed by atoms with Crippen LogP contribution in [0, 0.1) is 23.2 Å². The highest BCUT2D eigenvalue weighted by Crippen LogP contribution is 2.66. The van der Waals surface area contributed by atoms with E-state index in [0.29, 0.717) is 11.3 Å². The van der Waals surface area contributed by atoms with Crippen molar-refractivity contribution in [3.63, 3.8) is 0 Å². The average Bonchev–Trinajstić information content (AvgIpc) is 2.54. The van der Waals surface area contributed by atoms with Crippen molar-refractivity contribution in [3.8, 4) is 5.75 Å². The van der Waals surface area contributed by atoms with Crippen LogP contribution in [0.2, 0.25) is 0 Å². The second-order valence-corrected chi connectivity index (χ2v) is 9.46. The number of hydrogen-bond acceptors (Lipinski definition) is 1. The molecule has 150 valence electrons. The van der Waals surface area contributed by atoms with E-state index in [2.05, 4.69) is 11.7 Å². The zero-order valence-corrected chi connectivity index (χ0v) is 16.2. The monoisotopic (exact) mass is 380 g/mol. The van der Waals surface area contributed by atoms with Crippen LogP contribution >= 0.6 is 0 Å². The minimum Gasteiger partial charge on any atom is -0.406 e. The Morgan fingerprint density at radius 3 is 2.11 bits per heavy atom. The third-order valence-corrected chi connectivity index (χ3v) is 7.59. The third-order valence-electron chi connectivity index (χ3n) is 7.59. The Bertz CT molecular complexity index is 614. The van der Waals surface area contributed by atoms with Crippen LogP contribution in [0.3, 0.4) is 0 Å². The van der Waals surface area contributed by atoms with Gasteiger partial charge >= 0.3 is 6.36 Å². The molecule has 1 spiro atoms. The topological polar surface area (TPSA) is 9.23 Å². The van der Waals surface area contributed by atoms with E-state index in [1.54, 1.807) is 0 Å². The van der Waals surface area contributed by atoms with Gasteiger partial charge in [-0.05, 0) is 85.3 Å². The molecule has 3 fully saturated rings. The van der Waals surface area contributed by atoms with Gasteiger partial charge < -0.3 is 4.74 Å². The summed E-state index contributed by atoms with van der Waals surface area (Å²) in [5.74, 6) is 3.28. The molecule has 27 heavy (non-hydrogen) atoms. The molecule has 0 heterocycles. The van der Waals surface area contributed by atoms with E-state index in [4.69, 9.17) is 0 Å². The second kappa shape index (κ2) is 7.33. The lowest BCUT2D eigenvalue weighted by Gasteiger charge is -2.60. The van der Waals surface area contributed by atoms with Gasteiger partial charge in [0, 0.05) is 0 Å². The summed E-state index contributed by atoms with van der Waals surface area (Å²) in [4.78, 5) is 0. The summed E-state index contributed by atoms with van der Waals surface area (Å²) in [6.07, 6.45) is 9.10. The summed E-state index contributed by atoms with van der Waals surface area (Å²) in [6.45, 7) is 2.30. The summed E-state index contributed by atoms with van der Waals surface area (Å²) in [5.41, 5.74) is 1.72. The fourth-order valence-corrected chi connectivity index (χ4v) is 6.24. The molecule has 0 aliphatic heterocycles. The van der Waals surface area contributed by atoms with Crippen LogP contribution in [0.4, 0.5) is 13.2 Å². The minimum atomic E-state index is -4.61. The van der Waals surface area contributed by atoms with E-state index in [9.17, 15) is 13.2 Å². The standard InChI is InChI=1S/C23H31F3O/c1-2-3-16-4-6-17(7-5-16)19-12-22(13-19)14-20(15-22)18-8-10-21(11-9-18)27-23(24,25)26/h8-11,16-17,19-20H,2-7,12-15H2,1H3. The number of benzene rings is 1. The molecule has 1 aromatic carbocycles. The van der Waals surface area contributed by atoms with Crippen molar-refractivity contribution in [1.29, 1.82) is 0 Å². The Morgan fingerprint density at radius 2 is 1.56 bits per heavy atom. The first-order valence-corrected chi connectivity index (χ1v) is 10.7. The Morgan fingerprint density at radius 1 is 0.926 bits per heavy atom. The van der Waals surface area contributed by atoms with Crippen molar-refractivity contribution in [1.82, 2.24) is 0 Å². The number of rotatable bonds is 5. The van der Waals surface area contributed by atoms with Gasteiger partial charge in [-0.3, -0.25) is 0 Å². The highest BCUT2D eigenvalue weighted by atomic mass is 19.4. The summed E-state index contributed by atoms with van der Waals surface area (Å²) in [7, 11) is 0. The van der Waals surface area contributed by atoms with Crippen molar-refractivity contribution < 1.29 is 17.9 Å². The minimum absolute atomic E-state index is 0.123. The summed E-state index contributed by atoms with van der Waals surface area (Å²) < 4.78 is 40.7. The van der Waals surface area contributed by atoms with Gasteiger partial charge in [-0.2, -0.15) is 0 Å². The van der Waals surface area contributed by atoms with Gasteiger partial charge in [-0.25, -0.2) is 0 Å². The molecular weight excluding hydrogens is 349 g/mol. The van der Waals surface area contributed by atoms with E-state index in [-0.39, 0.29) is 5.75 Å². The first kappa shape index (κ1) is 19.1. The van der Waals surface area contributed by atoms with Gasteiger partial charge in [-0.1, -0.05) is 44.7 Å². The predicted molar refractivity (Wildman–Crippen MR) is 101 cm³/mol. The van der Waals surface area contributed by atoms with Gasteiger partial charge in [0.25, 0.3) is 0 Å². The quantitative estimate of drug-likeness (QED) is 0.515. The van der Waals surface area contributed by atoms with E-state index in [1.807, 2.05) is 12.1 Å². The van der Waals surface area contributed by atoms with Crippen LogP contribution in [-0.2, 0) is 0 Å². The largest absolute Gasteiger partial charge is 0.573 e. The first-order valence-electron chi connectivity index (χ1n) is 10.7. The number of halogens is 3. The van der Waals surface area contributed by atoms with E-state index >= 15 is 0 Å². The lowest BCUT2D eigenvalue weighted by Crippen LogP contribution is -2.49. The molecule has 3 saturated carbocycles. The highest BCUT2D eigenvalue weighted by Gasteiger charge is 2.54. The summed E-state index contributed by atoms with van der Waals surface area (Å²) >= 11 is 0. The van der Waals surface area contributed by atoms with Gasteiger partial charge in [-0.15, -0.1) is 13.2 Å². The van der Waals surface area contributed by atoms with Crippen molar-refractivity contribution in [2.45, 2.75) is 83.4 Å². The average molecular weight is 380 g/mol. The molecule has 3 aliphatic rings. The Hall–Kier alpha value is -1.19. The molecule has 4 heteroatoms. The lowest BCUT2D eigenvalue weighted by molar-refractivity contribution is -0.274. The zero-order valence-electron chi connectivity index (χ0n) is 16.2. The van der Waals surface area contributed by atoms with Crippen molar-refractivity contribution in [2.75, 3.05) is 0 Å². The lowest BCUT2D eigenvalue weighted by atomic mass is 9.45. The van der Waals surface area contributed by atoms with Gasteiger partial charge in [0.1, 0.15) is 5.75 Å². The van der Waals surface area contributed by atoms with Crippen LogP contribution in [0.5, 0.6) is 5.75 Å². The third kappa shape index (κ3) is 4.30. The molecule has 4 rings (SSSR count). The Balaban J connectivity index is 1.22. The van der Waals surface area contributed by atoms with Gasteiger partial charge in [0.05, 0.1) is 0 Å². The molecule has 0 amide bonds. The molecule has 0 atom stereocenters. The molecule has 0 saturated heterocycles. The number of hydrogen-bond donors (Lipinski definition) is 0. The van der Waals surface area contributed by atoms with E-state index in [1.165, 1.54) is 81.9 Å². The van der Waals surface area contributed by atoms with Crippen molar-refractivity contribution in [3.05, 3.63) is 29.8 Å². The fraction of sp³-hybridized carbons (Fsp3) is 0.739. The van der Waals surface area contributed by atoms with E-state index in [0.717, 1.165) is 17.8 Å². The second-order valence-electron chi connectivity index (χ2n) is 9.46. The molecular formula is C23H31F3O. The number of alkyl halides is 3. The number of ether oxygens (including phenoxy) is 1. The van der Waals surface area contributed by atoms with Crippen LogP contribution in [0.15, 0.2) is 24.3 Å². The van der Waals surface area contributed by atoms with E-state index < -0.39 is 6.36 Å². The van der Waals surface area contributed by atoms with Gasteiger partial charge in [0.15, 0.2) is 0 Å². The van der Waals surface area contributed by atoms with Crippen LogP contribution < -0.4 is 4.74 Å². The molecule has 0 radical (unpaired) electrons. The van der Waals surface area contributed by atoms with Crippen LogP contribution in [-0.4, -0.2) is 6.36 Å². The smallest absolute Gasteiger partial charge is 0.406 e. The molecule has 0 unspecified atom stereocenters. The maximum Gasteiger partial charge on any atom is 0.573 e. The maximum atomic E-state index is 12.3. The SMILES string of the molecule is CCCC1CCC(C2CC3(CC(c4ccc(OC(F)(F)F)cc4)C3)C2)CC1. The molecule has 0 bridgehead atoms. The van der Waals surface area contributed by atoms with Crippen molar-refractivity contribution >= 4 is 0 Å². The predicted octanol–water partition coefficient (Wildman–Crippen LogP) is 7.47. The molecule has 0 N–H and O–H groups in total. The summed E-state index contributed by atoms with van der Waals surface area (Å²) in [6, 6.07) is 6.52. The normalized spacial score (nSPS) is 36.1. The highest BCUT2D eigenvalue weighted by molar-refractivity contribution is 5.32. The van der Waals surface area contributed by atoms with Gasteiger partial charge in [0.2, 0.25) is 0 Å². The Kier molecular flexibility index (Phi) is 5.20. The Labute approximate surface area is 160 Å². The van der Waals surface area contributed by atoms with Crippen molar-refractivity contribution in [2.24, 2.45) is 23.2 Å². The fourth-order valence-electron chi connectivity index (χ4n) is 6.24.